The van der Waals surface area contributed by atoms with Gasteiger partial charge in [-0.2, -0.15) is 0 Å². The van der Waals surface area contributed by atoms with Gasteiger partial charge in [-0.05, 0) is 45.7 Å². The normalized spacial score (nSPS) is 9.26. The van der Waals surface area contributed by atoms with Gasteiger partial charge in [0.05, 0.1) is 0 Å². The van der Waals surface area contributed by atoms with Crippen molar-refractivity contribution in [3.05, 3.63) is 12.2 Å². The molecule has 0 unspecified atom stereocenters. The molecule has 0 aliphatic rings. The Bertz CT molecular complexity index is 230. The Balaban J connectivity index is -0.000000116. The van der Waals surface area contributed by atoms with E-state index in [1.807, 2.05) is 6.92 Å². The number of hydrogen-bond donors (Lipinski definition) is 1. The molecule has 1 N–H and O–H groups in total. The number of carboxylic acids is 1. The van der Waals surface area contributed by atoms with Crippen molar-refractivity contribution in [1.29, 1.82) is 0 Å². The van der Waals surface area contributed by atoms with E-state index in [1.165, 1.54) is 39.3 Å². The highest BCUT2D eigenvalue weighted by Crippen LogP contribution is 1.99. The van der Waals surface area contributed by atoms with Crippen molar-refractivity contribution in [1.82, 2.24) is 9.80 Å². The van der Waals surface area contributed by atoms with Gasteiger partial charge in [0, 0.05) is 5.57 Å². The van der Waals surface area contributed by atoms with Crippen molar-refractivity contribution in [3.8, 4) is 0 Å². The maximum Gasteiger partial charge on any atom is 0.330 e. The Labute approximate surface area is 155 Å². The number of carbonyl (C=O) groups is 1. The van der Waals surface area contributed by atoms with Crippen molar-refractivity contribution >= 4 is 23.0 Å². The Morgan fingerprint density at radius 1 is 0.783 bits per heavy atom. The maximum atomic E-state index is 9.99. The molecule has 0 fully saturated rings. The van der Waals surface area contributed by atoms with Gasteiger partial charge < -0.3 is 14.9 Å². The van der Waals surface area contributed by atoms with E-state index in [0.717, 1.165) is 6.42 Å². The van der Waals surface area contributed by atoms with Crippen LogP contribution in [-0.4, -0.2) is 60.1 Å². The minimum Gasteiger partial charge on any atom is -0.478 e. The molecule has 0 aliphatic carbocycles. The van der Waals surface area contributed by atoms with Crippen LogP contribution in [0, 0.1) is 0 Å². The number of aliphatic carboxylic acids is 1. The molecule has 0 atom stereocenters. The fourth-order valence-electron chi connectivity index (χ4n) is 1.75. The van der Waals surface area contributed by atoms with Crippen LogP contribution in [0.5, 0.6) is 0 Å². The minimum absolute atomic E-state index is 0. The van der Waals surface area contributed by atoms with E-state index >= 15 is 0 Å². The zero-order valence-corrected chi connectivity index (χ0v) is 18.2. The van der Waals surface area contributed by atoms with Gasteiger partial charge in [0.1, 0.15) is 0 Å². The van der Waals surface area contributed by atoms with Crippen LogP contribution in [0.4, 0.5) is 0 Å². The summed E-state index contributed by atoms with van der Waals surface area (Å²) in [6, 6.07) is 0. The SMILES string of the molecule is Br.C=C(CCC)C(=O)O.CCN(CC)CC.CCN(CC)CC. The van der Waals surface area contributed by atoms with Crippen LogP contribution in [0.25, 0.3) is 0 Å². The van der Waals surface area contributed by atoms with Gasteiger partial charge >= 0.3 is 5.97 Å². The lowest BCUT2D eigenvalue weighted by molar-refractivity contribution is -0.132. The highest BCUT2D eigenvalue weighted by molar-refractivity contribution is 8.93. The van der Waals surface area contributed by atoms with Crippen molar-refractivity contribution < 1.29 is 9.90 Å². The molecule has 0 aromatic carbocycles. The summed E-state index contributed by atoms with van der Waals surface area (Å²) in [4.78, 5) is 14.7. The lowest BCUT2D eigenvalue weighted by Gasteiger charge is -2.13. The Morgan fingerprint density at radius 2 is 1.04 bits per heavy atom. The zero-order valence-electron chi connectivity index (χ0n) is 16.5. The van der Waals surface area contributed by atoms with Gasteiger partial charge in [0.15, 0.2) is 0 Å². The highest BCUT2D eigenvalue weighted by atomic mass is 79.9. The molecule has 0 saturated heterocycles. The number of rotatable bonds is 9. The molecule has 0 spiro atoms. The van der Waals surface area contributed by atoms with E-state index in [9.17, 15) is 4.79 Å². The van der Waals surface area contributed by atoms with Gasteiger partial charge in [0.25, 0.3) is 0 Å². The number of halogens is 1. The van der Waals surface area contributed by atoms with Crippen LogP contribution >= 0.6 is 17.0 Å². The summed E-state index contributed by atoms with van der Waals surface area (Å²) in [7, 11) is 0. The molecular formula is C18H41BrN2O2. The number of carboxylic acid groups (broad SMARTS) is 1. The van der Waals surface area contributed by atoms with Gasteiger partial charge in [0.2, 0.25) is 0 Å². The van der Waals surface area contributed by atoms with E-state index < -0.39 is 5.97 Å². The summed E-state index contributed by atoms with van der Waals surface area (Å²) in [5, 5.41) is 8.21. The van der Waals surface area contributed by atoms with Crippen molar-refractivity contribution in [2.75, 3.05) is 39.3 Å². The standard InChI is InChI=1S/2C6H15N.C6H10O2.BrH/c2*1-4-7(5-2)6-3;1-3-4-5(2)6(7)8;/h2*4-6H2,1-3H3;2-4H2,1H3,(H,7,8);1H. The molecule has 0 amide bonds. The molecule has 142 valence electrons. The van der Waals surface area contributed by atoms with Gasteiger partial charge in [-0.25, -0.2) is 4.79 Å². The Hall–Kier alpha value is -0.390. The first kappa shape index (κ1) is 30.5. The molecule has 5 heteroatoms. The van der Waals surface area contributed by atoms with Gasteiger partial charge in [-0.3, -0.25) is 0 Å². The fourth-order valence-corrected chi connectivity index (χ4v) is 1.75. The van der Waals surface area contributed by atoms with E-state index in [1.54, 1.807) is 0 Å². The second-order valence-electron chi connectivity index (χ2n) is 4.90. The van der Waals surface area contributed by atoms with Crippen LogP contribution in [0.2, 0.25) is 0 Å². The number of nitrogens with zero attached hydrogens (tertiary/aromatic N) is 2. The molecule has 0 aromatic heterocycles. The van der Waals surface area contributed by atoms with Gasteiger partial charge in [-0.15, -0.1) is 17.0 Å². The van der Waals surface area contributed by atoms with Crippen LogP contribution in [0.3, 0.4) is 0 Å². The third-order valence-electron chi connectivity index (χ3n) is 3.54. The summed E-state index contributed by atoms with van der Waals surface area (Å²) in [6.07, 6.45) is 1.44. The molecule has 0 rings (SSSR count). The Kier molecular flexibility index (Phi) is 31.6. The second kappa shape index (κ2) is 23.9. The van der Waals surface area contributed by atoms with Crippen LogP contribution < -0.4 is 0 Å². The molecule has 0 aromatic rings. The van der Waals surface area contributed by atoms with E-state index in [-0.39, 0.29) is 17.0 Å². The zero-order chi connectivity index (χ0) is 18.0. The quantitative estimate of drug-likeness (QED) is 0.573. The molecule has 4 nitrogen and oxygen atoms in total. The summed E-state index contributed by atoms with van der Waals surface area (Å²) < 4.78 is 0. The lowest BCUT2D eigenvalue weighted by atomic mass is 10.2. The van der Waals surface area contributed by atoms with Crippen LogP contribution in [-0.2, 0) is 4.79 Å². The second-order valence-corrected chi connectivity index (χ2v) is 4.90. The molecular weight excluding hydrogens is 356 g/mol. The monoisotopic (exact) mass is 396 g/mol. The topological polar surface area (TPSA) is 43.8 Å². The summed E-state index contributed by atoms with van der Waals surface area (Å²) >= 11 is 0. The largest absolute Gasteiger partial charge is 0.478 e. The first-order chi connectivity index (χ1) is 10.4. The van der Waals surface area contributed by atoms with Crippen molar-refractivity contribution in [2.24, 2.45) is 0 Å². The van der Waals surface area contributed by atoms with E-state index in [0.29, 0.717) is 12.0 Å². The van der Waals surface area contributed by atoms with Crippen LogP contribution in [0.1, 0.15) is 61.3 Å². The first-order valence-corrected chi connectivity index (χ1v) is 8.73. The average molecular weight is 397 g/mol. The fraction of sp³-hybridized carbons (Fsp3) is 0.833. The molecule has 0 bridgehead atoms. The molecule has 0 aliphatic heterocycles. The molecule has 23 heavy (non-hydrogen) atoms. The van der Waals surface area contributed by atoms with Crippen molar-refractivity contribution in [3.63, 3.8) is 0 Å². The molecule has 0 saturated carbocycles. The first-order valence-electron chi connectivity index (χ1n) is 8.73. The van der Waals surface area contributed by atoms with E-state index in [2.05, 4.69) is 57.9 Å². The highest BCUT2D eigenvalue weighted by Gasteiger charge is 1.99. The minimum atomic E-state index is -0.883. The van der Waals surface area contributed by atoms with E-state index in [4.69, 9.17) is 5.11 Å². The predicted molar refractivity (Wildman–Crippen MR) is 109 cm³/mol. The number of hydrogen-bond acceptors (Lipinski definition) is 3. The third kappa shape index (κ3) is 24.0. The lowest BCUT2D eigenvalue weighted by Crippen LogP contribution is -2.21. The van der Waals surface area contributed by atoms with Crippen LogP contribution in [0.15, 0.2) is 12.2 Å². The van der Waals surface area contributed by atoms with Gasteiger partial charge in [-0.1, -0.05) is 61.5 Å². The summed E-state index contributed by atoms with van der Waals surface area (Å²) in [6.45, 7) is 25.5. The smallest absolute Gasteiger partial charge is 0.330 e. The molecule has 0 radical (unpaired) electrons. The van der Waals surface area contributed by atoms with Crippen molar-refractivity contribution in [2.45, 2.75) is 61.3 Å². The Morgan fingerprint density at radius 3 is 1.09 bits per heavy atom. The molecule has 0 heterocycles. The predicted octanol–water partition coefficient (Wildman–Crippen LogP) is 4.70. The summed E-state index contributed by atoms with van der Waals surface area (Å²) in [5.74, 6) is -0.883. The maximum absolute atomic E-state index is 9.99. The average Bonchev–Trinajstić information content (AvgIpc) is 2.52. The summed E-state index contributed by atoms with van der Waals surface area (Å²) in [5.41, 5.74) is 0.299. The third-order valence-corrected chi connectivity index (χ3v) is 3.54.